The molecule has 1 fully saturated rings. The summed E-state index contributed by atoms with van der Waals surface area (Å²) in [5.41, 5.74) is 1.23. The first kappa shape index (κ1) is 16.3. The van der Waals surface area contributed by atoms with Crippen molar-refractivity contribution >= 4 is 27.3 Å². The number of hydrogen-bond donors (Lipinski definition) is 1. The number of aromatic nitrogens is 1. The molecule has 0 radical (unpaired) electrons. The van der Waals surface area contributed by atoms with Crippen LogP contribution in [0.5, 0.6) is 0 Å². The van der Waals surface area contributed by atoms with Crippen molar-refractivity contribution in [3.05, 3.63) is 11.2 Å². The van der Waals surface area contributed by atoms with E-state index in [0.717, 1.165) is 37.3 Å². The summed E-state index contributed by atoms with van der Waals surface area (Å²) in [5.74, 6) is -0.726. The van der Waals surface area contributed by atoms with Crippen LogP contribution in [-0.2, 0) is 14.8 Å². The summed E-state index contributed by atoms with van der Waals surface area (Å²) in [6.07, 6.45) is 1.53. The molecule has 1 aromatic heterocycles. The third kappa shape index (κ3) is 3.25. The Hall–Kier alpha value is -1.03. The smallest absolute Gasteiger partial charge is 0.358 e. The van der Waals surface area contributed by atoms with Gasteiger partial charge in [-0.3, -0.25) is 0 Å². The predicted octanol–water partition coefficient (Wildman–Crippen LogP) is 0.692. The van der Waals surface area contributed by atoms with Gasteiger partial charge in [0.25, 0.3) is 10.0 Å². The first-order chi connectivity index (χ1) is 10.0. The first-order valence-electron chi connectivity index (χ1n) is 6.76. The quantitative estimate of drug-likeness (QED) is 0.798. The SMILES string of the molecule is CCN(C1CCNCC1)S(=O)(=O)c1scnc1C(=O)OC. The van der Waals surface area contributed by atoms with E-state index in [1.54, 1.807) is 6.92 Å². The van der Waals surface area contributed by atoms with Crippen LogP contribution in [0.4, 0.5) is 0 Å². The van der Waals surface area contributed by atoms with Crippen molar-refractivity contribution in [2.75, 3.05) is 26.7 Å². The monoisotopic (exact) mass is 333 g/mol. The summed E-state index contributed by atoms with van der Waals surface area (Å²) in [6.45, 7) is 3.76. The maximum Gasteiger partial charge on any atom is 0.358 e. The standard InChI is InChI=1S/C12H19N3O4S2/c1-3-15(9-4-6-13-7-5-9)21(17,18)12-10(11(16)19-2)14-8-20-12/h8-9,13H,3-7H2,1-2H3. The lowest BCUT2D eigenvalue weighted by atomic mass is 10.1. The highest BCUT2D eigenvalue weighted by Crippen LogP contribution is 2.28. The summed E-state index contributed by atoms with van der Waals surface area (Å²) in [6, 6.07) is -0.0474. The molecule has 0 saturated carbocycles. The lowest BCUT2D eigenvalue weighted by Gasteiger charge is -2.32. The van der Waals surface area contributed by atoms with Gasteiger partial charge in [-0.1, -0.05) is 6.92 Å². The largest absolute Gasteiger partial charge is 0.464 e. The van der Waals surface area contributed by atoms with Crippen LogP contribution in [0, 0.1) is 0 Å². The molecule has 1 aromatic rings. The number of nitrogens with zero attached hydrogens (tertiary/aromatic N) is 2. The van der Waals surface area contributed by atoms with Gasteiger partial charge in [-0.05, 0) is 25.9 Å². The zero-order chi connectivity index (χ0) is 15.5. The van der Waals surface area contributed by atoms with E-state index in [-0.39, 0.29) is 15.9 Å². The Morgan fingerprint density at radius 3 is 2.76 bits per heavy atom. The van der Waals surface area contributed by atoms with Gasteiger partial charge in [-0.2, -0.15) is 4.31 Å². The summed E-state index contributed by atoms with van der Waals surface area (Å²) in [7, 11) is -2.52. The molecule has 118 valence electrons. The second-order valence-corrected chi connectivity index (χ2v) is 7.61. The van der Waals surface area contributed by atoms with Crippen molar-refractivity contribution in [1.82, 2.24) is 14.6 Å². The molecule has 9 heteroatoms. The molecule has 21 heavy (non-hydrogen) atoms. The van der Waals surface area contributed by atoms with Gasteiger partial charge in [-0.15, -0.1) is 11.3 Å². The van der Waals surface area contributed by atoms with Crippen molar-refractivity contribution in [2.45, 2.75) is 30.0 Å². The number of hydrogen-bond acceptors (Lipinski definition) is 7. The molecule has 0 atom stereocenters. The first-order valence-corrected chi connectivity index (χ1v) is 9.08. The number of carbonyl (C=O) groups excluding carboxylic acids is 1. The fraction of sp³-hybridized carbons (Fsp3) is 0.667. The summed E-state index contributed by atoms with van der Waals surface area (Å²) >= 11 is 0.951. The van der Waals surface area contributed by atoms with Crippen LogP contribution in [0.15, 0.2) is 9.72 Å². The highest BCUT2D eigenvalue weighted by atomic mass is 32.2. The molecule has 0 amide bonds. The van der Waals surface area contributed by atoms with Crippen molar-refractivity contribution in [1.29, 1.82) is 0 Å². The Bertz CT molecular complexity index is 593. The molecular formula is C12H19N3O4S2. The Morgan fingerprint density at radius 1 is 1.52 bits per heavy atom. The van der Waals surface area contributed by atoms with Gasteiger partial charge in [0.15, 0.2) is 9.90 Å². The number of carbonyl (C=O) groups is 1. The third-order valence-corrected chi connectivity index (χ3v) is 6.86. The van der Waals surface area contributed by atoms with Crippen LogP contribution in [-0.4, -0.2) is 56.5 Å². The lowest BCUT2D eigenvalue weighted by Crippen LogP contribution is -2.46. The molecule has 1 saturated heterocycles. The van der Waals surface area contributed by atoms with Gasteiger partial charge in [0.1, 0.15) is 0 Å². The van der Waals surface area contributed by atoms with E-state index in [9.17, 15) is 13.2 Å². The molecule has 0 aromatic carbocycles. The normalized spacial score (nSPS) is 17.1. The fourth-order valence-corrected chi connectivity index (χ4v) is 5.42. The highest BCUT2D eigenvalue weighted by Gasteiger charge is 2.35. The van der Waals surface area contributed by atoms with E-state index in [0.29, 0.717) is 6.54 Å². The van der Waals surface area contributed by atoms with Crippen LogP contribution in [0.25, 0.3) is 0 Å². The van der Waals surface area contributed by atoms with E-state index in [1.807, 2.05) is 0 Å². The lowest BCUT2D eigenvalue weighted by molar-refractivity contribution is 0.0590. The highest BCUT2D eigenvalue weighted by molar-refractivity contribution is 7.91. The molecule has 0 spiro atoms. The van der Waals surface area contributed by atoms with Crippen molar-refractivity contribution < 1.29 is 17.9 Å². The second kappa shape index (κ2) is 6.82. The van der Waals surface area contributed by atoms with Crippen LogP contribution < -0.4 is 5.32 Å². The van der Waals surface area contributed by atoms with Gasteiger partial charge in [-0.25, -0.2) is 18.2 Å². The Morgan fingerprint density at radius 2 is 2.19 bits per heavy atom. The molecular weight excluding hydrogens is 314 g/mol. The topological polar surface area (TPSA) is 88.6 Å². The number of esters is 1. The molecule has 2 rings (SSSR count). The van der Waals surface area contributed by atoms with E-state index in [4.69, 9.17) is 0 Å². The van der Waals surface area contributed by atoms with Gasteiger partial charge in [0.05, 0.1) is 12.6 Å². The number of sulfonamides is 1. The Balaban J connectivity index is 2.35. The molecule has 7 nitrogen and oxygen atoms in total. The Kier molecular flexibility index (Phi) is 5.31. The number of methoxy groups -OCH3 is 1. The van der Waals surface area contributed by atoms with Crippen LogP contribution in [0.2, 0.25) is 0 Å². The third-order valence-electron chi connectivity index (χ3n) is 3.48. The molecule has 0 unspecified atom stereocenters. The molecule has 1 N–H and O–H groups in total. The molecule has 0 bridgehead atoms. The minimum Gasteiger partial charge on any atom is -0.464 e. The maximum atomic E-state index is 12.8. The van der Waals surface area contributed by atoms with Crippen LogP contribution in [0.1, 0.15) is 30.3 Å². The zero-order valence-electron chi connectivity index (χ0n) is 12.0. The second-order valence-electron chi connectivity index (χ2n) is 4.67. The van der Waals surface area contributed by atoms with Gasteiger partial charge in [0, 0.05) is 12.6 Å². The summed E-state index contributed by atoms with van der Waals surface area (Å²) in [4.78, 5) is 15.5. The average molecular weight is 333 g/mol. The number of piperidine rings is 1. The minimum absolute atomic E-state index is 0.0327. The molecule has 1 aliphatic heterocycles. The van der Waals surface area contributed by atoms with Gasteiger partial charge < -0.3 is 10.1 Å². The van der Waals surface area contributed by atoms with E-state index < -0.39 is 16.0 Å². The molecule has 2 heterocycles. The number of nitrogens with one attached hydrogen (secondary N) is 1. The number of rotatable bonds is 5. The average Bonchev–Trinajstić information content (AvgIpc) is 2.98. The minimum atomic E-state index is -3.73. The van der Waals surface area contributed by atoms with Gasteiger partial charge in [0.2, 0.25) is 0 Å². The van der Waals surface area contributed by atoms with E-state index in [1.165, 1.54) is 16.9 Å². The molecule has 1 aliphatic rings. The van der Waals surface area contributed by atoms with Crippen molar-refractivity contribution in [3.63, 3.8) is 0 Å². The van der Waals surface area contributed by atoms with E-state index in [2.05, 4.69) is 15.0 Å². The predicted molar refractivity (Wildman–Crippen MR) is 78.9 cm³/mol. The maximum absolute atomic E-state index is 12.8. The van der Waals surface area contributed by atoms with Crippen LogP contribution in [0.3, 0.4) is 0 Å². The summed E-state index contributed by atoms with van der Waals surface area (Å²) < 4.78 is 31.7. The van der Waals surface area contributed by atoms with Crippen molar-refractivity contribution in [3.8, 4) is 0 Å². The fourth-order valence-electron chi connectivity index (χ4n) is 2.48. The number of ether oxygens (including phenoxy) is 1. The summed E-state index contributed by atoms with van der Waals surface area (Å²) in [5, 5.41) is 3.21. The zero-order valence-corrected chi connectivity index (χ0v) is 13.7. The Labute approximate surface area is 128 Å². The number of thiazole rings is 1. The van der Waals surface area contributed by atoms with Crippen molar-refractivity contribution in [2.24, 2.45) is 0 Å². The van der Waals surface area contributed by atoms with Gasteiger partial charge >= 0.3 is 5.97 Å². The van der Waals surface area contributed by atoms with Crippen LogP contribution >= 0.6 is 11.3 Å². The van der Waals surface area contributed by atoms with E-state index >= 15 is 0 Å². The molecule has 0 aliphatic carbocycles.